The Morgan fingerprint density at radius 3 is 1.75 bits per heavy atom. The number of hydrogen-bond donors (Lipinski definition) is 2. The zero-order chi connectivity index (χ0) is 35.2. The van der Waals surface area contributed by atoms with Crippen molar-refractivity contribution in [1.82, 2.24) is 0 Å². The van der Waals surface area contributed by atoms with E-state index in [4.69, 9.17) is 24.3 Å². The number of phosphoric acid groups is 1. The molecule has 0 aliphatic carbocycles. The molecule has 2 unspecified atom stereocenters. The summed E-state index contributed by atoms with van der Waals surface area (Å²) >= 11 is 0. The largest absolute Gasteiger partial charge is 0.472 e. The molecule has 0 aromatic carbocycles. The fraction of sp³-hybridized carbons (Fsp3) is 0.718. The number of unbranched alkanes of at least 4 members (excludes halogenated alkanes) is 12. The molecule has 9 heteroatoms. The van der Waals surface area contributed by atoms with Crippen molar-refractivity contribution in [2.45, 2.75) is 148 Å². The number of phosphoric ester groups is 1. The Morgan fingerprint density at radius 2 is 1.17 bits per heavy atom. The van der Waals surface area contributed by atoms with Gasteiger partial charge in [0.1, 0.15) is 6.10 Å². The maximum Gasteiger partial charge on any atom is 0.472 e. The van der Waals surface area contributed by atoms with Gasteiger partial charge in [-0.1, -0.05) is 126 Å². The summed E-state index contributed by atoms with van der Waals surface area (Å²) in [5.74, 6) is -0.355. The van der Waals surface area contributed by atoms with E-state index in [-0.39, 0.29) is 32.3 Å². The third kappa shape index (κ3) is 35.5. The number of carbonyl (C=O) groups excluding carboxylic acids is 1. The molecular weight excluding hydrogens is 625 g/mol. The van der Waals surface area contributed by atoms with E-state index in [0.29, 0.717) is 13.0 Å². The van der Waals surface area contributed by atoms with Crippen LogP contribution >= 0.6 is 7.82 Å². The van der Waals surface area contributed by atoms with Crippen LogP contribution in [-0.2, 0) is 27.9 Å². The molecule has 0 aliphatic rings. The van der Waals surface area contributed by atoms with Gasteiger partial charge in [0.25, 0.3) is 0 Å². The van der Waals surface area contributed by atoms with Crippen molar-refractivity contribution in [3.63, 3.8) is 0 Å². The Kier molecular flexibility index (Phi) is 35.1. The number of nitrogens with two attached hydrogens (primary N) is 1. The number of allylic oxidation sites excluding steroid dienone is 10. The van der Waals surface area contributed by atoms with Gasteiger partial charge in [0.2, 0.25) is 0 Å². The topological polar surface area (TPSA) is 117 Å². The lowest BCUT2D eigenvalue weighted by Gasteiger charge is -2.20. The van der Waals surface area contributed by atoms with Crippen LogP contribution < -0.4 is 5.73 Å². The fourth-order valence-corrected chi connectivity index (χ4v) is 5.46. The second-order valence-electron chi connectivity index (χ2n) is 12.1. The lowest BCUT2D eigenvalue weighted by molar-refractivity contribution is -0.154. The number of carbonyl (C=O) groups is 1. The Labute approximate surface area is 293 Å². The van der Waals surface area contributed by atoms with Crippen LogP contribution in [0.2, 0.25) is 0 Å². The van der Waals surface area contributed by atoms with Crippen LogP contribution in [0.25, 0.3) is 0 Å². The van der Waals surface area contributed by atoms with Crippen LogP contribution in [0.4, 0.5) is 0 Å². The van der Waals surface area contributed by atoms with Crippen molar-refractivity contribution in [3.05, 3.63) is 60.8 Å². The molecule has 0 aromatic rings. The maximum atomic E-state index is 12.5. The van der Waals surface area contributed by atoms with Gasteiger partial charge < -0.3 is 20.1 Å². The molecule has 0 aliphatic heterocycles. The second kappa shape index (κ2) is 36.5. The summed E-state index contributed by atoms with van der Waals surface area (Å²) in [4.78, 5) is 22.4. The Morgan fingerprint density at radius 1 is 0.646 bits per heavy atom. The highest BCUT2D eigenvalue weighted by Gasteiger charge is 2.25. The molecule has 0 amide bonds. The van der Waals surface area contributed by atoms with Gasteiger partial charge in [0.05, 0.1) is 19.8 Å². The van der Waals surface area contributed by atoms with Gasteiger partial charge in [-0.25, -0.2) is 4.57 Å². The molecule has 0 saturated carbocycles. The molecule has 0 heterocycles. The van der Waals surface area contributed by atoms with E-state index in [2.05, 4.69) is 74.6 Å². The summed E-state index contributed by atoms with van der Waals surface area (Å²) in [6, 6.07) is 0. The summed E-state index contributed by atoms with van der Waals surface area (Å²) in [6.45, 7) is 4.67. The molecule has 0 fully saturated rings. The highest BCUT2D eigenvalue weighted by Crippen LogP contribution is 2.43. The first-order valence-electron chi connectivity index (χ1n) is 18.8. The smallest absolute Gasteiger partial charge is 0.457 e. The minimum Gasteiger partial charge on any atom is -0.457 e. The lowest BCUT2D eigenvalue weighted by Crippen LogP contribution is -2.28. The third-order valence-electron chi connectivity index (χ3n) is 7.40. The second-order valence-corrected chi connectivity index (χ2v) is 13.5. The summed E-state index contributed by atoms with van der Waals surface area (Å²) in [6.07, 6.45) is 42.3. The van der Waals surface area contributed by atoms with Crippen LogP contribution in [-0.4, -0.2) is 49.9 Å². The zero-order valence-electron chi connectivity index (χ0n) is 30.4. The third-order valence-corrected chi connectivity index (χ3v) is 8.38. The van der Waals surface area contributed by atoms with E-state index >= 15 is 0 Å². The van der Waals surface area contributed by atoms with Gasteiger partial charge in [-0.15, -0.1) is 0 Å². The number of rotatable bonds is 35. The molecule has 3 N–H and O–H groups in total. The van der Waals surface area contributed by atoms with E-state index in [0.717, 1.165) is 96.3 Å². The van der Waals surface area contributed by atoms with Gasteiger partial charge in [-0.2, -0.15) is 0 Å². The monoisotopic (exact) mass is 695 g/mol. The highest BCUT2D eigenvalue weighted by atomic mass is 31.2. The molecule has 0 spiro atoms. The van der Waals surface area contributed by atoms with Crippen LogP contribution in [0.3, 0.4) is 0 Å². The molecule has 48 heavy (non-hydrogen) atoms. The van der Waals surface area contributed by atoms with Crippen molar-refractivity contribution in [2.75, 3.05) is 33.0 Å². The molecule has 278 valence electrons. The van der Waals surface area contributed by atoms with Gasteiger partial charge in [0.15, 0.2) is 0 Å². The number of esters is 1. The van der Waals surface area contributed by atoms with E-state index in [1.54, 1.807) is 0 Å². The molecule has 0 radical (unpaired) electrons. The summed E-state index contributed by atoms with van der Waals surface area (Å²) < 4.78 is 33.3. The van der Waals surface area contributed by atoms with Crippen molar-refractivity contribution >= 4 is 13.8 Å². The van der Waals surface area contributed by atoms with Gasteiger partial charge in [-0.3, -0.25) is 13.8 Å². The SMILES string of the molecule is CC/C=C\C/C=C\C/C=C\CCCCCCCC(=O)OC(COCCCCCCCC/C=C\C/C=C\CCC)COP(=O)(O)OCCN. The predicted octanol–water partition coefficient (Wildman–Crippen LogP) is 10.6. The first kappa shape index (κ1) is 46.2. The van der Waals surface area contributed by atoms with Crippen LogP contribution in [0, 0.1) is 0 Å². The molecule has 0 saturated heterocycles. The Bertz CT molecular complexity index is 916. The van der Waals surface area contributed by atoms with Crippen molar-refractivity contribution in [2.24, 2.45) is 5.73 Å². The lowest BCUT2D eigenvalue weighted by atomic mass is 10.1. The van der Waals surface area contributed by atoms with Crippen molar-refractivity contribution in [3.8, 4) is 0 Å². The normalized spacial score (nSPS) is 14.3. The summed E-state index contributed by atoms with van der Waals surface area (Å²) in [5, 5.41) is 0. The number of hydrogen-bond acceptors (Lipinski definition) is 7. The average molecular weight is 696 g/mol. The van der Waals surface area contributed by atoms with E-state index in [1.165, 1.54) is 25.7 Å². The summed E-state index contributed by atoms with van der Waals surface area (Å²) in [5.41, 5.74) is 5.35. The summed E-state index contributed by atoms with van der Waals surface area (Å²) in [7, 11) is -4.28. The predicted molar refractivity (Wildman–Crippen MR) is 201 cm³/mol. The minimum atomic E-state index is -4.28. The first-order chi connectivity index (χ1) is 23.4. The van der Waals surface area contributed by atoms with Crippen LogP contribution in [0.5, 0.6) is 0 Å². The fourth-order valence-electron chi connectivity index (χ4n) is 4.69. The van der Waals surface area contributed by atoms with Crippen molar-refractivity contribution in [1.29, 1.82) is 0 Å². The highest BCUT2D eigenvalue weighted by molar-refractivity contribution is 7.47. The first-order valence-corrected chi connectivity index (χ1v) is 20.3. The van der Waals surface area contributed by atoms with Gasteiger partial charge >= 0.3 is 13.8 Å². The molecule has 2 atom stereocenters. The van der Waals surface area contributed by atoms with E-state index < -0.39 is 13.9 Å². The quantitative estimate of drug-likeness (QED) is 0.0291. The van der Waals surface area contributed by atoms with E-state index in [1.807, 2.05) is 0 Å². The molecule has 0 aromatic heterocycles. The Balaban J connectivity index is 4.16. The van der Waals surface area contributed by atoms with Crippen LogP contribution in [0.1, 0.15) is 142 Å². The zero-order valence-corrected chi connectivity index (χ0v) is 31.3. The number of ether oxygens (including phenoxy) is 2. The molecule has 0 rings (SSSR count). The Hall–Kier alpha value is -1.80. The molecular formula is C39H70NO7P. The molecule has 8 nitrogen and oxygen atoms in total. The standard InChI is InChI=1S/C39H70NO7P/c1-3-5-7-9-11-13-15-17-19-20-22-24-26-28-30-32-39(41)47-38(37-46-48(42,43)45-35-33-40)36-44-34-31-29-27-25-23-21-18-16-14-12-10-8-6-4-2/h5,7-8,10-11,13-14,16-17,19,38H,3-4,6,9,12,15,18,20-37,40H2,1-2H3,(H,42,43)/b7-5-,10-8-,13-11-,16-14-,19-17-. The molecule has 0 bridgehead atoms. The minimum absolute atomic E-state index is 0.0925. The van der Waals surface area contributed by atoms with Gasteiger partial charge in [0, 0.05) is 19.6 Å². The average Bonchev–Trinajstić information content (AvgIpc) is 3.07. The maximum absolute atomic E-state index is 12.5. The van der Waals surface area contributed by atoms with Gasteiger partial charge in [-0.05, 0) is 70.6 Å². The van der Waals surface area contributed by atoms with E-state index in [9.17, 15) is 14.3 Å². The van der Waals surface area contributed by atoms with Crippen LogP contribution in [0.15, 0.2) is 60.8 Å². The van der Waals surface area contributed by atoms with Crippen molar-refractivity contribution < 1.29 is 32.8 Å².